The molecule has 1 N–H and O–H groups in total. The smallest absolute Gasteiger partial charge is 0.369 e. The van der Waals surface area contributed by atoms with Gasteiger partial charge in [-0.25, -0.2) is 4.79 Å². The molecule has 12 heteroatoms. The van der Waals surface area contributed by atoms with E-state index in [2.05, 4.69) is 15.1 Å². The molecule has 2 fully saturated rings. The average molecular weight is 440 g/mol. The molecule has 9 nitrogen and oxygen atoms in total. The number of fused-ring (bicyclic) bond motifs is 1. The van der Waals surface area contributed by atoms with Gasteiger partial charge in [-0.3, -0.25) is 14.4 Å². The normalized spacial score (nSPS) is 22.1. The van der Waals surface area contributed by atoms with E-state index in [4.69, 9.17) is 0 Å². The van der Waals surface area contributed by atoms with E-state index in [9.17, 15) is 32.3 Å². The Kier molecular flexibility index (Phi) is 5.33. The zero-order chi connectivity index (χ0) is 22.3. The lowest BCUT2D eigenvalue weighted by atomic mass is 10.0. The molecule has 3 aliphatic rings. The summed E-state index contributed by atoms with van der Waals surface area (Å²) >= 11 is 0. The monoisotopic (exact) mass is 440 g/mol. The second kappa shape index (κ2) is 7.84. The van der Waals surface area contributed by atoms with Crippen molar-refractivity contribution in [3.63, 3.8) is 0 Å². The highest BCUT2D eigenvalue weighted by Crippen LogP contribution is 2.32. The van der Waals surface area contributed by atoms with Crippen molar-refractivity contribution in [3.8, 4) is 0 Å². The second-order valence-corrected chi connectivity index (χ2v) is 7.47. The first kappa shape index (κ1) is 21.1. The number of hydrogen-bond donors (Lipinski definition) is 1. The van der Waals surface area contributed by atoms with Gasteiger partial charge >= 0.3 is 12.1 Å². The standard InChI is InChI=1S/C19H19F3N4O5/c20-19(21,22)18(30)31-26-15(27)4-3-14(17(26)29)25-10-11-9-12(1-2-13(11)16(25)28)24-7-5-23-6-8-24/h1-2,9,14,23H,3-8,10H2. The zero-order valence-electron chi connectivity index (χ0n) is 16.3. The lowest BCUT2D eigenvalue weighted by Gasteiger charge is -2.33. The SMILES string of the molecule is O=C1CCC(N2Cc3cc(N4CCNCC4)ccc3C2=O)C(=O)N1OC(=O)C(F)(F)F. The molecule has 31 heavy (non-hydrogen) atoms. The first-order valence-electron chi connectivity index (χ1n) is 9.72. The van der Waals surface area contributed by atoms with E-state index in [1.807, 2.05) is 12.1 Å². The van der Waals surface area contributed by atoms with Gasteiger partial charge in [-0.2, -0.15) is 13.2 Å². The second-order valence-electron chi connectivity index (χ2n) is 7.47. The van der Waals surface area contributed by atoms with Gasteiger partial charge in [0, 0.05) is 50.4 Å². The maximum Gasteiger partial charge on any atom is 0.493 e. The summed E-state index contributed by atoms with van der Waals surface area (Å²) in [6, 6.07) is 4.13. The van der Waals surface area contributed by atoms with Gasteiger partial charge < -0.3 is 20.0 Å². The minimum Gasteiger partial charge on any atom is -0.369 e. The fourth-order valence-corrected chi connectivity index (χ4v) is 3.96. The maximum atomic E-state index is 12.9. The topological polar surface area (TPSA) is 99.3 Å². The fourth-order valence-electron chi connectivity index (χ4n) is 3.96. The van der Waals surface area contributed by atoms with Gasteiger partial charge in [-0.15, -0.1) is 5.06 Å². The van der Waals surface area contributed by atoms with E-state index in [1.165, 1.54) is 4.90 Å². The van der Waals surface area contributed by atoms with Gasteiger partial charge in [0.1, 0.15) is 6.04 Å². The van der Waals surface area contributed by atoms with Crippen LogP contribution in [0.5, 0.6) is 0 Å². The number of piperazine rings is 1. The van der Waals surface area contributed by atoms with Crippen molar-refractivity contribution in [1.29, 1.82) is 0 Å². The Hall–Kier alpha value is -3.15. The van der Waals surface area contributed by atoms with Gasteiger partial charge in [0.15, 0.2) is 0 Å². The summed E-state index contributed by atoms with van der Waals surface area (Å²) in [6.07, 6.45) is -5.77. The molecule has 1 aromatic carbocycles. The number of benzene rings is 1. The molecule has 1 atom stereocenters. The number of rotatable bonds is 3. The van der Waals surface area contributed by atoms with Crippen molar-refractivity contribution in [2.24, 2.45) is 0 Å². The quantitative estimate of drug-likeness (QED) is 0.687. The number of anilines is 1. The molecule has 3 heterocycles. The number of nitrogens with one attached hydrogen (secondary N) is 1. The predicted octanol–water partition coefficient (Wildman–Crippen LogP) is 0.590. The molecule has 1 aromatic rings. The van der Waals surface area contributed by atoms with Crippen molar-refractivity contribution in [1.82, 2.24) is 15.3 Å². The van der Waals surface area contributed by atoms with Gasteiger partial charge in [0.05, 0.1) is 0 Å². The molecule has 166 valence electrons. The fraction of sp³-hybridized carbons (Fsp3) is 0.474. The highest BCUT2D eigenvalue weighted by molar-refractivity contribution is 6.05. The molecule has 0 spiro atoms. The van der Waals surface area contributed by atoms with E-state index in [0.29, 0.717) is 11.1 Å². The van der Waals surface area contributed by atoms with Crippen LogP contribution in [0, 0.1) is 0 Å². The minimum atomic E-state index is -5.37. The summed E-state index contributed by atoms with van der Waals surface area (Å²) < 4.78 is 37.5. The van der Waals surface area contributed by atoms with Crippen LogP contribution in [0.3, 0.4) is 0 Å². The molecule has 2 saturated heterocycles. The van der Waals surface area contributed by atoms with Crippen molar-refractivity contribution >= 4 is 29.4 Å². The van der Waals surface area contributed by atoms with Crippen LogP contribution in [0.15, 0.2) is 18.2 Å². The molecule has 0 aromatic heterocycles. The molecule has 1 unspecified atom stereocenters. The lowest BCUT2D eigenvalue weighted by molar-refractivity contribution is -0.238. The molecule has 0 bridgehead atoms. The van der Waals surface area contributed by atoms with Crippen LogP contribution >= 0.6 is 0 Å². The number of imide groups is 1. The summed E-state index contributed by atoms with van der Waals surface area (Å²) in [5.74, 6) is -5.37. The van der Waals surface area contributed by atoms with Crippen LogP contribution in [-0.2, 0) is 25.8 Å². The number of carbonyl (C=O) groups is 4. The number of hydrogen-bond acceptors (Lipinski definition) is 7. The summed E-state index contributed by atoms with van der Waals surface area (Å²) in [5.41, 5.74) is 2.01. The molecule has 4 rings (SSSR count). The Morgan fingerprint density at radius 3 is 2.52 bits per heavy atom. The predicted molar refractivity (Wildman–Crippen MR) is 98.4 cm³/mol. The molecular formula is C19H19F3N4O5. The molecule has 0 saturated carbocycles. The van der Waals surface area contributed by atoms with Crippen LogP contribution in [0.1, 0.15) is 28.8 Å². The summed E-state index contributed by atoms with van der Waals surface area (Å²) in [7, 11) is 0. The summed E-state index contributed by atoms with van der Waals surface area (Å²) in [6.45, 7) is 3.34. The highest BCUT2D eigenvalue weighted by Gasteiger charge is 2.49. The third kappa shape index (κ3) is 3.94. The van der Waals surface area contributed by atoms with Crippen LogP contribution in [0.4, 0.5) is 18.9 Å². The van der Waals surface area contributed by atoms with Crippen LogP contribution < -0.4 is 10.2 Å². The molecule has 3 amide bonds. The maximum absolute atomic E-state index is 12.9. The average Bonchev–Trinajstić information content (AvgIpc) is 3.06. The van der Waals surface area contributed by atoms with Crippen molar-refractivity contribution in [3.05, 3.63) is 29.3 Å². The Bertz CT molecular complexity index is 945. The summed E-state index contributed by atoms with van der Waals surface area (Å²) in [5, 5.41) is 3.08. The molecular weight excluding hydrogens is 421 g/mol. The first-order valence-corrected chi connectivity index (χ1v) is 9.72. The number of amides is 3. The van der Waals surface area contributed by atoms with Crippen molar-refractivity contribution < 1.29 is 37.2 Å². The Morgan fingerprint density at radius 2 is 1.84 bits per heavy atom. The summed E-state index contributed by atoms with van der Waals surface area (Å²) in [4.78, 5) is 55.9. The highest BCUT2D eigenvalue weighted by atomic mass is 19.4. The lowest BCUT2D eigenvalue weighted by Crippen LogP contribution is -2.55. The van der Waals surface area contributed by atoms with Crippen LogP contribution in [0.25, 0.3) is 0 Å². The van der Waals surface area contributed by atoms with E-state index < -0.39 is 35.9 Å². The molecule has 3 aliphatic heterocycles. The molecule has 0 aliphatic carbocycles. The largest absolute Gasteiger partial charge is 0.493 e. The van der Waals surface area contributed by atoms with Gasteiger partial charge in [-0.1, -0.05) is 0 Å². The van der Waals surface area contributed by atoms with Crippen LogP contribution in [0.2, 0.25) is 0 Å². The Labute approximate surface area is 174 Å². The number of nitrogens with zero attached hydrogens (tertiary/aromatic N) is 3. The van der Waals surface area contributed by atoms with E-state index in [0.717, 1.165) is 31.9 Å². The number of halogens is 3. The first-order chi connectivity index (χ1) is 14.7. The Morgan fingerprint density at radius 1 is 1.13 bits per heavy atom. The minimum absolute atomic E-state index is 0.0673. The van der Waals surface area contributed by atoms with Crippen molar-refractivity contribution in [2.75, 3.05) is 31.1 Å². The van der Waals surface area contributed by atoms with Gasteiger partial charge in [-0.05, 0) is 30.2 Å². The van der Waals surface area contributed by atoms with Gasteiger partial charge in [0.2, 0.25) is 0 Å². The number of alkyl halides is 3. The number of carbonyl (C=O) groups excluding carboxylic acids is 4. The van der Waals surface area contributed by atoms with E-state index >= 15 is 0 Å². The van der Waals surface area contributed by atoms with Crippen molar-refractivity contribution in [2.45, 2.75) is 31.6 Å². The number of hydroxylamine groups is 2. The third-order valence-corrected chi connectivity index (χ3v) is 5.53. The zero-order valence-corrected chi connectivity index (χ0v) is 16.3. The van der Waals surface area contributed by atoms with E-state index in [-0.39, 0.29) is 24.4 Å². The third-order valence-electron chi connectivity index (χ3n) is 5.53. The van der Waals surface area contributed by atoms with Gasteiger partial charge in [0.25, 0.3) is 17.7 Å². The molecule has 0 radical (unpaired) electrons. The number of piperidine rings is 1. The van der Waals surface area contributed by atoms with Crippen LogP contribution in [-0.4, -0.2) is 72.1 Å². The van der Waals surface area contributed by atoms with E-state index in [1.54, 1.807) is 6.07 Å². The Balaban J connectivity index is 1.52.